The van der Waals surface area contributed by atoms with Gasteiger partial charge in [0, 0.05) is 44.1 Å². The zero-order valence-electron chi connectivity index (χ0n) is 16.1. The topological polar surface area (TPSA) is 69.3 Å². The second-order valence-corrected chi connectivity index (χ2v) is 6.36. The quantitative estimate of drug-likeness (QED) is 0.668. The molecule has 2 aromatic rings. The minimum Gasteiger partial charge on any atom is -0.492 e. The van der Waals surface area contributed by atoms with Crippen LogP contribution in [0, 0.1) is 0 Å². The van der Waals surface area contributed by atoms with Crippen LogP contribution in [-0.2, 0) is 9.47 Å². The average Bonchev–Trinajstić information content (AvgIpc) is 2.73. The molecule has 0 aromatic heterocycles. The van der Waals surface area contributed by atoms with Gasteiger partial charge in [-0.15, -0.1) is 0 Å². The summed E-state index contributed by atoms with van der Waals surface area (Å²) >= 11 is 0. The van der Waals surface area contributed by atoms with Gasteiger partial charge in [-0.05, 0) is 30.3 Å². The highest BCUT2D eigenvalue weighted by atomic mass is 16.7. The largest absolute Gasteiger partial charge is 0.492 e. The lowest BCUT2D eigenvalue weighted by Crippen LogP contribution is -2.38. The predicted molar refractivity (Wildman–Crippen MR) is 106 cm³/mol. The van der Waals surface area contributed by atoms with Crippen LogP contribution in [0.25, 0.3) is 0 Å². The van der Waals surface area contributed by atoms with Crippen LogP contribution < -0.4 is 14.8 Å². The molecule has 0 saturated carbocycles. The summed E-state index contributed by atoms with van der Waals surface area (Å²) in [4.78, 5) is 14.9. The summed E-state index contributed by atoms with van der Waals surface area (Å²) in [6.07, 6.45) is 0. The molecule has 7 nitrogen and oxygen atoms in total. The summed E-state index contributed by atoms with van der Waals surface area (Å²) < 4.78 is 21.4. The lowest BCUT2D eigenvalue weighted by Gasteiger charge is -2.26. The maximum atomic E-state index is 12.6. The van der Waals surface area contributed by atoms with Crippen molar-refractivity contribution in [1.29, 1.82) is 0 Å². The van der Waals surface area contributed by atoms with E-state index in [9.17, 15) is 4.79 Å². The first-order chi connectivity index (χ1) is 13.7. The minimum absolute atomic E-state index is 0.154. The van der Waals surface area contributed by atoms with E-state index in [4.69, 9.17) is 18.9 Å². The maximum absolute atomic E-state index is 12.6. The Morgan fingerprint density at radius 2 is 1.82 bits per heavy atom. The van der Waals surface area contributed by atoms with Crippen molar-refractivity contribution >= 4 is 11.6 Å². The molecule has 0 bridgehead atoms. The van der Waals surface area contributed by atoms with Gasteiger partial charge in [0.05, 0.1) is 13.2 Å². The zero-order chi connectivity index (χ0) is 19.6. The summed E-state index contributed by atoms with van der Waals surface area (Å²) in [5.74, 6) is 1.10. The summed E-state index contributed by atoms with van der Waals surface area (Å²) in [6, 6.07) is 14.4. The van der Waals surface area contributed by atoms with E-state index in [0.717, 1.165) is 32.8 Å². The zero-order valence-corrected chi connectivity index (χ0v) is 16.1. The van der Waals surface area contributed by atoms with Crippen molar-refractivity contribution in [3.05, 3.63) is 54.1 Å². The molecule has 1 aliphatic heterocycles. The van der Waals surface area contributed by atoms with Crippen LogP contribution in [0.15, 0.2) is 48.5 Å². The summed E-state index contributed by atoms with van der Waals surface area (Å²) in [5, 5.41) is 2.87. The molecule has 2 aromatic carbocycles. The van der Waals surface area contributed by atoms with Crippen molar-refractivity contribution < 1.29 is 23.7 Å². The first-order valence-electron chi connectivity index (χ1n) is 9.31. The van der Waals surface area contributed by atoms with Crippen molar-refractivity contribution in [2.45, 2.75) is 0 Å². The molecule has 1 fully saturated rings. The molecule has 150 valence electrons. The molecule has 0 unspecified atom stereocenters. The highest BCUT2D eigenvalue weighted by Crippen LogP contribution is 2.19. The van der Waals surface area contributed by atoms with Crippen LogP contribution in [-0.4, -0.2) is 64.2 Å². The minimum atomic E-state index is -0.206. The first kappa shape index (κ1) is 20.1. The third-order valence-corrected chi connectivity index (χ3v) is 4.31. The fraction of sp³-hybridized carbons (Fsp3) is 0.381. The molecular formula is C21H26N2O5. The molecule has 28 heavy (non-hydrogen) atoms. The van der Waals surface area contributed by atoms with Crippen LogP contribution >= 0.6 is 0 Å². The lowest BCUT2D eigenvalue weighted by atomic mass is 10.2. The highest BCUT2D eigenvalue weighted by molar-refractivity contribution is 6.04. The van der Waals surface area contributed by atoms with Crippen LogP contribution in [0.2, 0.25) is 0 Å². The molecule has 1 aliphatic rings. The SMILES string of the molecule is COCOc1cccc(NC(=O)c2cccc(OCCN3CCOCC3)c2)c1. The second-order valence-electron chi connectivity index (χ2n) is 6.36. The standard InChI is InChI=1S/C21H26N2O5/c1-25-16-28-20-7-3-5-18(15-20)22-21(24)17-4-2-6-19(14-17)27-13-10-23-8-11-26-12-9-23/h2-7,14-15H,8-13,16H2,1H3,(H,22,24). The van der Waals surface area contributed by atoms with E-state index in [0.29, 0.717) is 29.4 Å². The van der Waals surface area contributed by atoms with Gasteiger partial charge in [0.15, 0.2) is 6.79 Å². The van der Waals surface area contributed by atoms with E-state index in [1.54, 1.807) is 37.4 Å². The summed E-state index contributed by atoms with van der Waals surface area (Å²) in [5.41, 5.74) is 1.18. The number of methoxy groups -OCH3 is 1. The third-order valence-electron chi connectivity index (χ3n) is 4.31. The Bertz CT molecular complexity index is 762. The molecule has 3 rings (SSSR count). The Kier molecular flexibility index (Phi) is 7.66. The summed E-state index contributed by atoms with van der Waals surface area (Å²) in [7, 11) is 1.56. The van der Waals surface area contributed by atoms with E-state index in [-0.39, 0.29) is 12.7 Å². The van der Waals surface area contributed by atoms with Crippen LogP contribution in [0.3, 0.4) is 0 Å². The van der Waals surface area contributed by atoms with Gasteiger partial charge in [-0.25, -0.2) is 0 Å². The number of carbonyl (C=O) groups is 1. The fourth-order valence-corrected chi connectivity index (χ4v) is 2.84. The van der Waals surface area contributed by atoms with E-state index in [1.165, 1.54) is 0 Å². The van der Waals surface area contributed by atoms with Crippen molar-refractivity contribution in [2.75, 3.05) is 58.7 Å². The highest BCUT2D eigenvalue weighted by Gasteiger charge is 2.11. The maximum Gasteiger partial charge on any atom is 0.255 e. The van der Waals surface area contributed by atoms with Crippen molar-refractivity contribution in [1.82, 2.24) is 4.90 Å². The molecule has 1 heterocycles. The van der Waals surface area contributed by atoms with Gasteiger partial charge in [-0.3, -0.25) is 9.69 Å². The van der Waals surface area contributed by atoms with Crippen LogP contribution in [0.4, 0.5) is 5.69 Å². The molecule has 1 N–H and O–H groups in total. The lowest BCUT2D eigenvalue weighted by molar-refractivity contribution is 0.0322. The number of nitrogens with zero attached hydrogens (tertiary/aromatic N) is 1. The predicted octanol–water partition coefficient (Wildman–Crippen LogP) is 2.63. The van der Waals surface area contributed by atoms with Crippen LogP contribution in [0.5, 0.6) is 11.5 Å². The average molecular weight is 386 g/mol. The van der Waals surface area contributed by atoms with E-state index in [1.807, 2.05) is 18.2 Å². The van der Waals surface area contributed by atoms with Gasteiger partial charge in [0.1, 0.15) is 18.1 Å². The van der Waals surface area contributed by atoms with E-state index < -0.39 is 0 Å². The molecule has 0 spiro atoms. The number of benzene rings is 2. The molecule has 0 aliphatic carbocycles. The Morgan fingerprint density at radius 1 is 1.07 bits per heavy atom. The summed E-state index contributed by atoms with van der Waals surface area (Å²) in [6.45, 7) is 4.97. The Balaban J connectivity index is 1.53. The van der Waals surface area contributed by atoms with E-state index in [2.05, 4.69) is 10.2 Å². The van der Waals surface area contributed by atoms with Crippen LogP contribution in [0.1, 0.15) is 10.4 Å². The smallest absolute Gasteiger partial charge is 0.255 e. The molecule has 7 heteroatoms. The van der Waals surface area contributed by atoms with Gasteiger partial charge < -0.3 is 24.3 Å². The normalized spacial score (nSPS) is 14.5. The van der Waals surface area contributed by atoms with Gasteiger partial charge >= 0.3 is 0 Å². The van der Waals surface area contributed by atoms with Crippen molar-refractivity contribution in [2.24, 2.45) is 0 Å². The Hall–Kier alpha value is -2.61. The molecular weight excluding hydrogens is 360 g/mol. The van der Waals surface area contributed by atoms with Gasteiger partial charge in [-0.1, -0.05) is 12.1 Å². The molecule has 1 amide bonds. The number of nitrogens with one attached hydrogen (secondary N) is 1. The van der Waals surface area contributed by atoms with Gasteiger partial charge in [0.2, 0.25) is 0 Å². The van der Waals surface area contributed by atoms with E-state index >= 15 is 0 Å². The number of hydrogen-bond donors (Lipinski definition) is 1. The van der Waals surface area contributed by atoms with Crippen molar-refractivity contribution in [3.63, 3.8) is 0 Å². The number of amides is 1. The number of hydrogen-bond acceptors (Lipinski definition) is 6. The molecule has 1 saturated heterocycles. The first-order valence-corrected chi connectivity index (χ1v) is 9.31. The number of ether oxygens (including phenoxy) is 4. The number of carbonyl (C=O) groups excluding carboxylic acids is 1. The Labute approximate surface area is 165 Å². The Morgan fingerprint density at radius 3 is 2.61 bits per heavy atom. The molecule has 0 atom stereocenters. The third kappa shape index (κ3) is 6.23. The number of rotatable bonds is 9. The number of morpholine rings is 1. The monoisotopic (exact) mass is 386 g/mol. The van der Waals surface area contributed by atoms with Crippen molar-refractivity contribution in [3.8, 4) is 11.5 Å². The fourth-order valence-electron chi connectivity index (χ4n) is 2.84. The number of anilines is 1. The van der Waals surface area contributed by atoms with Gasteiger partial charge in [-0.2, -0.15) is 0 Å². The second kappa shape index (κ2) is 10.7. The molecule has 0 radical (unpaired) electrons. The van der Waals surface area contributed by atoms with Gasteiger partial charge in [0.25, 0.3) is 5.91 Å².